The molecule has 6 nitrogen and oxygen atoms in total. The van der Waals surface area contributed by atoms with Gasteiger partial charge in [-0.1, -0.05) is 12.1 Å². The van der Waals surface area contributed by atoms with Gasteiger partial charge < -0.3 is 15.1 Å². The van der Waals surface area contributed by atoms with Crippen molar-refractivity contribution in [1.29, 1.82) is 0 Å². The molecule has 21 heavy (non-hydrogen) atoms. The van der Waals surface area contributed by atoms with Crippen molar-refractivity contribution in [3.63, 3.8) is 0 Å². The number of para-hydroxylation sites is 1. The summed E-state index contributed by atoms with van der Waals surface area (Å²) in [5.41, 5.74) is 0.559. The van der Waals surface area contributed by atoms with Gasteiger partial charge in [-0.25, -0.2) is 8.42 Å². The number of hydrogen-bond acceptors (Lipinski definition) is 5. The Hall–Kier alpha value is -1.60. The van der Waals surface area contributed by atoms with Crippen molar-refractivity contribution in [2.75, 3.05) is 50.9 Å². The first kappa shape index (κ1) is 15.8. The maximum absolute atomic E-state index is 12.2. The number of hydrogen-bond donors (Lipinski definition) is 1. The molecule has 1 aromatic carbocycles. The van der Waals surface area contributed by atoms with Crippen LogP contribution in [0, 0.1) is 0 Å². The average Bonchev–Trinajstić information content (AvgIpc) is 2.47. The minimum absolute atomic E-state index is 0.0160. The van der Waals surface area contributed by atoms with Gasteiger partial charge in [-0.2, -0.15) is 0 Å². The first-order chi connectivity index (χ1) is 9.89. The van der Waals surface area contributed by atoms with Gasteiger partial charge in [-0.3, -0.25) is 4.79 Å². The Morgan fingerprint density at radius 3 is 2.52 bits per heavy atom. The van der Waals surface area contributed by atoms with Crippen LogP contribution in [0.4, 0.5) is 5.69 Å². The van der Waals surface area contributed by atoms with Gasteiger partial charge in [0.15, 0.2) is 9.84 Å². The molecule has 0 saturated carbocycles. The van der Waals surface area contributed by atoms with E-state index in [4.69, 9.17) is 0 Å². The van der Waals surface area contributed by atoms with Crippen LogP contribution in [-0.2, 0) is 14.6 Å². The molecule has 0 unspecified atom stereocenters. The van der Waals surface area contributed by atoms with E-state index in [2.05, 4.69) is 5.32 Å². The van der Waals surface area contributed by atoms with Crippen LogP contribution < -0.4 is 10.2 Å². The Kier molecular flexibility index (Phi) is 4.84. The smallest absolute Gasteiger partial charge is 0.242 e. The average molecular weight is 311 g/mol. The van der Waals surface area contributed by atoms with Crippen LogP contribution in [0.5, 0.6) is 0 Å². The number of sulfone groups is 1. The minimum atomic E-state index is -3.32. The second-order valence-corrected chi connectivity index (χ2v) is 7.21. The molecule has 1 N–H and O–H groups in total. The third kappa shape index (κ3) is 3.95. The lowest BCUT2D eigenvalue weighted by Crippen LogP contribution is -2.49. The van der Waals surface area contributed by atoms with E-state index in [0.29, 0.717) is 18.8 Å². The largest absolute Gasteiger partial charge is 0.364 e. The normalized spacial score (nSPS) is 15.8. The molecule has 7 heteroatoms. The van der Waals surface area contributed by atoms with Crippen LogP contribution in [0.25, 0.3) is 0 Å². The molecule has 0 spiro atoms. The number of piperazine rings is 1. The molecule has 0 aromatic heterocycles. The number of anilines is 1. The van der Waals surface area contributed by atoms with E-state index in [9.17, 15) is 13.2 Å². The van der Waals surface area contributed by atoms with E-state index < -0.39 is 9.84 Å². The van der Waals surface area contributed by atoms with E-state index in [1.165, 1.54) is 6.26 Å². The van der Waals surface area contributed by atoms with Crippen molar-refractivity contribution in [2.24, 2.45) is 0 Å². The monoisotopic (exact) mass is 311 g/mol. The molecule has 0 aliphatic carbocycles. The van der Waals surface area contributed by atoms with Crippen molar-refractivity contribution in [2.45, 2.75) is 4.90 Å². The Bertz CT molecular complexity index is 610. The van der Waals surface area contributed by atoms with Gasteiger partial charge in [0.05, 0.1) is 17.1 Å². The zero-order chi connectivity index (χ0) is 15.5. The van der Waals surface area contributed by atoms with Gasteiger partial charge in [0, 0.05) is 39.5 Å². The second kappa shape index (κ2) is 6.44. The molecule has 0 atom stereocenters. The molecule has 1 aromatic rings. The first-order valence-corrected chi connectivity index (χ1v) is 8.77. The number of amides is 1. The highest BCUT2D eigenvalue weighted by Crippen LogP contribution is 2.23. The lowest BCUT2D eigenvalue weighted by Gasteiger charge is -2.30. The third-order valence-electron chi connectivity index (χ3n) is 3.52. The van der Waals surface area contributed by atoms with Crippen molar-refractivity contribution < 1.29 is 13.2 Å². The Morgan fingerprint density at radius 2 is 1.90 bits per heavy atom. The number of likely N-dealkylation sites (N-methyl/N-ethyl adjacent to an activating group) is 1. The molecule has 2 rings (SSSR count). The molecule has 0 bridgehead atoms. The van der Waals surface area contributed by atoms with Crippen molar-refractivity contribution in [1.82, 2.24) is 10.2 Å². The van der Waals surface area contributed by atoms with Crippen molar-refractivity contribution >= 4 is 21.4 Å². The molecular formula is C14H21N3O3S. The van der Waals surface area contributed by atoms with E-state index in [1.54, 1.807) is 41.1 Å². The summed E-state index contributed by atoms with van der Waals surface area (Å²) < 4.78 is 23.6. The lowest BCUT2D eigenvalue weighted by atomic mass is 10.3. The van der Waals surface area contributed by atoms with Crippen molar-refractivity contribution in [3.05, 3.63) is 24.3 Å². The highest BCUT2D eigenvalue weighted by molar-refractivity contribution is 7.90. The van der Waals surface area contributed by atoms with Crippen molar-refractivity contribution in [3.8, 4) is 0 Å². The van der Waals surface area contributed by atoms with Crippen LogP contribution in [0.15, 0.2) is 29.2 Å². The summed E-state index contributed by atoms with van der Waals surface area (Å²) >= 11 is 0. The van der Waals surface area contributed by atoms with Crippen LogP contribution in [0.1, 0.15) is 0 Å². The van der Waals surface area contributed by atoms with Crippen LogP contribution in [0.3, 0.4) is 0 Å². The molecule has 1 saturated heterocycles. The highest BCUT2D eigenvalue weighted by atomic mass is 32.2. The minimum Gasteiger partial charge on any atom is -0.364 e. The fraction of sp³-hybridized carbons (Fsp3) is 0.500. The van der Waals surface area contributed by atoms with Gasteiger partial charge in [-0.05, 0) is 12.1 Å². The number of nitrogens with one attached hydrogen (secondary N) is 1. The molecule has 1 amide bonds. The van der Waals surface area contributed by atoms with Crippen LogP contribution >= 0.6 is 0 Å². The van der Waals surface area contributed by atoms with E-state index >= 15 is 0 Å². The summed E-state index contributed by atoms with van der Waals surface area (Å²) in [6.07, 6.45) is 1.18. The zero-order valence-corrected chi connectivity index (χ0v) is 13.2. The summed E-state index contributed by atoms with van der Waals surface area (Å²) in [5, 5.41) is 3.20. The SMILES string of the molecule is CN(CC(=O)N1CCNCC1)c1ccccc1S(C)(=O)=O. The maximum Gasteiger partial charge on any atom is 0.242 e. The summed E-state index contributed by atoms with van der Waals surface area (Å²) in [6.45, 7) is 3.16. The number of benzene rings is 1. The predicted molar refractivity (Wildman–Crippen MR) is 82.3 cm³/mol. The molecule has 1 heterocycles. The fourth-order valence-corrected chi connectivity index (χ4v) is 3.32. The second-order valence-electron chi connectivity index (χ2n) is 5.23. The summed E-state index contributed by atoms with van der Waals surface area (Å²) in [6, 6.07) is 6.75. The van der Waals surface area contributed by atoms with Gasteiger partial charge in [0.2, 0.25) is 5.91 Å². The Balaban J connectivity index is 2.13. The fourth-order valence-electron chi connectivity index (χ4n) is 2.39. The molecular weight excluding hydrogens is 290 g/mol. The van der Waals surface area contributed by atoms with Crippen LogP contribution in [-0.4, -0.2) is 65.3 Å². The number of carbonyl (C=O) groups excluding carboxylic acids is 1. The number of nitrogens with zero attached hydrogens (tertiary/aromatic N) is 2. The Labute approximate surface area is 125 Å². The third-order valence-corrected chi connectivity index (χ3v) is 4.66. The standard InChI is InChI=1S/C14H21N3O3S/c1-16(11-14(18)17-9-7-15-8-10-17)12-5-3-4-6-13(12)21(2,19)20/h3-6,15H,7-11H2,1-2H3. The highest BCUT2D eigenvalue weighted by Gasteiger charge is 2.21. The topological polar surface area (TPSA) is 69.7 Å². The van der Waals surface area contributed by atoms with Gasteiger partial charge in [0.1, 0.15) is 0 Å². The number of carbonyl (C=O) groups is 1. The molecule has 1 aliphatic rings. The molecule has 116 valence electrons. The van der Waals surface area contributed by atoms with Gasteiger partial charge in [-0.15, -0.1) is 0 Å². The van der Waals surface area contributed by atoms with Gasteiger partial charge in [0.25, 0.3) is 0 Å². The molecule has 1 fully saturated rings. The van der Waals surface area contributed by atoms with E-state index in [-0.39, 0.29) is 17.3 Å². The first-order valence-electron chi connectivity index (χ1n) is 6.88. The summed E-state index contributed by atoms with van der Waals surface area (Å²) in [7, 11) is -1.58. The van der Waals surface area contributed by atoms with Crippen LogP contribution in [0.2, 0.25) is 0 Å². The maximum atomic E-state index is 12.2. The van der Waals surface area contributed by atoms with E-state index in [1.807, 2.05) is 0 Å². The van der Waals surface area contributed by atoms with E-state index in [0.717, 1.165) is 13.1 Å². The quantitative estimate of drug-likeness (QED) is 0.845. The summed E-state index contributed by atoms with van der Waals surface area (Å²) in [5.74, 6) is 0.0160. The predicted octanol–water partition coefficient (Wildman–Crippen LogP) is -0.0419. The lowest BCUT2D eigenvalue weighted by molar-refractivity contribution is -0.130. The summed E-state index contributed by atoms with van der Waals surface area (Å²) in [4.78, 5) is 16.0. The number of rotatable bonds is 4. The van der Waals surface area contributed by atoms with Gasteiger partial charge >= 0.3 is 0 Å². The molecule has 0 radical (unpaired) electrons. The Morgan fingerprint density at radius 1 is 1.29 bits per heavy atom. The zero-order valence-electron chi connectivity index (χ0n) is 12.4. The molecule has 1 aliphatic heterocycles.